The molecule has 0 bridgehead atoms. The van der Waals surface area contributed by atoms with Crippen LogP contribution in [0.3, 0.4) is 0 Å². The molecule has 0 aromatic rings. The number of likely N-dealkylation sites (tertiary alicyclic amines) is 1. The van der Waals surface area contributed by atoms with Gasteiger partial charge in [-0.2, -0.15) is 0 Å². The van der Waals surface area contributed by atoms with Crippen LogP contribution < -0.4 is 5.73 Å². The van der Waals surface area contributed by atoms with Gasteiger partial charge in [-0.1, -0.05) is 20.8 Å². The maximum Gasteiger partial charge on any atom is 0.410 e. The van der Waals surface area contributed by atoms with E-state index < -0.39 is 5.60 Å². The van der Waals surface area contributed by atoms with Gasteiger partial charge in [-0.15, -0.1) is 0 Å². The van der Waals surface area contributed by atoms with Crippen molar-refractivity contribution in [1.29, 1.82) is 0 Å². The number of piperidine rings is 1. The SMILES string of the molecule is CC(C)C1CN(C(=O)OC(C)(C)C)CCC1(C)CN. The van der Waals surface area contributed by atoms with E-state index in [9.17, 15) is 4.79 Å². The molecule has 1 rings (SSSR count). The summed E-state index contributed by atoms with van der Waals surface area (Å²) in [6, 6.07) is 0. The minimum absolute atomic E-state index is 0.132. The minimum Gasteiger partial charge on any atom is -0.444 e. The molecule has 2 N–H and O–H groups in total. The number of amides is 1. The molecule has 4 nitrogen and oxygen atoms in total. The van der Waals surface area contributed by atoms with Crippen LogP contribution in [0, 0.1) is 17.3 Å². The molecule has 0 aliphatic carbocycles. The Morgan fingerprint density at radius 1 is 1.47 bits per heavy atom. The number of rotatable bonds is 2. The van der Waals surface area contributed by atoms with Gasteiger partial charge in [0.1, 0.15) is 5.60 Å². The Morgan fingerprint density at radius 3 is 2.47 bits per heavy atom. The molecule has 2 atom stereocenters. The van der Waals surface area contributed by atoms with E-state index in [1.165, 1.54) is 0 Å². The molecule has 0 aromatic heterocycles. The van der Waals surface area contributed by atoms with Gasteiger partial charge in [-0.05, 0) is 51.0 Å². The van der Waals surface area contributed by atoms with Crippen LogP contribution >= 0.6 is 0 Å². The van der Waals surface area contributed by atoms with E-state index in [4.69, 9.17) is 10.5 Å². The Hall–Kier alpha value is -0.770. The fourth-order valence-electron chi connectivity index (χ4n) is 2.89. The van der Waals surface area contributed by atoms with Crippen molar-refractivity contribution in [1.82, 2.24) is 4.90 Å². The third-order valence-corrected chi connectivity index (χ3v) is 4.19. The highest BCUT2D eigenvalue weighted by Crippen LogP contribution is 2.39. The number of carbonyl (C=O) groups excluding carboxylic acids is 1. The van der Waals surface area contributed by atoms with Crippen molar-refractivity contribution in [3.63, 3.8) is 0 Å². The Kier molecular flexibility index (Phi) is 4.88. The van der Waals surface area contributed by atoms with E-state index in [0.29, 0.717) is 18.4 Å². The van der Waals surface area contributed by atoms with Crippen molar-refractivity contribution >= 4 is 6.09 Å². The standard InChI is InChI=1S/C15H30N2O2/c1-11(2)12-9-17(8-7-15(12,6)10-16)13(18)19-14(3,4)5/h11-12H,7-10,16H2,1-6H3. The van der Waals surface area contributed by atoms with Crippen LogP contribution in [0.4, 0.5) is 4.79 Å². The highest BCUT2D eigenvalue weighted by Gasteiger charge is 2.41. The average molecular weight is 270 g/mol. The van der Waals surface area contributed by atoms with Crippen LogP contribution in [0.25, 0.3) is 0 Å². The highest BCUT2D eigenvalue weighted by atomic mass is 16.6. The molecule has 1 heterocycles. The first-order chi connectivity index (χ1) is 8.59. The number of carbonyl (C=O) groups is 1. The largest absolute Gasteiger partial charge is 0.444 e. The molecule has 0 aromatic carbocycles. The van der Waals surface area contributed by atoms with Gasteiger partial charge in [0, 0.05) is 13.1 Å². The topological polar surface area (TPSA) is 55.6 Å². The van der Waals surface area contributed by atoms with Crippen LogP contribution in [-0.4, -0.2) is 36.2 Å². The van der Waals surface area contributed by atoms with Crippen LogP contribution in [0.5, 0.6) is 0 Å². The minimum atomic E-state index is -0.432. The lowest BCUT2D eigenvalue weighted by molar-refractivity contribution is -0.0124. The van der Waals surface area contributed by atoms with Gasteiger partial charge < -0.3 is 15.4 Å². The quantitative estimate of drug-likeness (QED) is 0.839. The second-order valence-electron chi connectivity index (χ2n) is 7.39. The molecule has 1 amide bonds. The summed E-state index contributed by atoms with van der Waals surface area (Å²) in [5.41, 5.74) is 5.65. The van der Waals surface area contributed by atoms with Crippen LogP contribution in [0.1, 0.15) is 48.0 Å². The molecular formula is C15H30N2O2. The molecule has 1 saturated heterocycles. The van der Waals surface area contributed by atoms with E-state index in [1.54, 1.807) is 0 Å². The van der Waals surface area contributed by atoms with Crippen LogP contribution in [0.15, 0.2) is 0 Å². The van der Waals surface area contributed by atoms with Crippen molar-refractivity contribution < 1.29 is 9.53 Å². The number of hydrogen-bond donors (Lipinski definition) is 1. The molecule has 112 valence electrons. The molecule has 4 heteroatoms. The molecule has 1 aliphatic rings. The third-order valence-electron chi connectivity index (χ3n) is 4.19. The van der Waals surface area contributed by atoms with Gasteiger partial charge in [0.15, 0.2) is 0 Å². The fraction of sp³-hybridized carbons (Fsp3) is 0.933. The average Bonchev–Trinajstić information content (AvgIpc) is 2.26. The first-order valence-corrected chi connectivity index (χ1v) is 7.27. The maximum absolute atomic E-state index is 12.2. The summed E-state index contributed by atoms with van der Waals surface area (Å²) in [5, 5.41) is 0. The van der Waals surface area contributed by atoms with E-state index in [2.05, 4.69) is 20.8 Å². The number of hydrogen-bond acceptors (Lipinski definition) is 3. The summed E-state index contributed by atoms with van der Waals surface area (Å²) in [7, 11) is 0. The number of ether oxygens (including phenoxy) is 1. The van der Waals surface area contributed by atoms with Crippen molar-refractivity contribution in [3.8, 4) is 0 Å². The molecule has 1 aliphatic heterocycles. The Labute approximate surface area is 117 Å². The molecule has 0 saturated carbocycles. The fourth-order valence-corrected chi connectivity index (χ4v) is 2.89. The Bertz CT molecular complexity index is 323. The zero-order chi connectivity index (χ0) is 14.8. The molecule has 2 unspecified atom stereocenters. The summed E-state index contributed by atoms with van der Waals surface area (Å²) < 4.78 is 5.46. The van der Waals surface area contributed by atoms with E-state index in [1.807, 2.05) is 25.7 Å². The number of nitrogens with two attached hydrogens (primary N) is 1. The zero-order valence-electron chi connectivity index (χ0n) is 13.3. The molecule has 1 fully saturated rings. The lowest BCUT2D eigenvalue weighted by Crippen LogP contribution is -2.53. The summed E-state index contributed by atoms with van der Waals surface area (Å²) >= 11 is 0. The van der Waals surface area contributed by atoms with Gasteiger partial charge >= 0.3 is 6.09 Å². The smallest absolute Gasteiger partial charge is 0.410 e. The Balaban J connectivity index is 2.75. The Morgan fingerprint density at radius 2 is 2.05 bits per heavy atom. The highest BCUT2D eigenvalue weighted by molar-refractivity contribution is 5.68. The van der Waals surface area contributed by atoms with E-state index in [-0.39, 0.29) is 11.5 Å². The lowest BCUT2D eigenvalue weighted by Gasteiger charge is -2.47. The summed E-state index contributed by atoms with van der Waals surface area (Å²) in [4.78, 5) is 14.0. The monoisotopic (exact) mass is 270 g/mol. The lowest BCUT2D eigenvalue weighted by atomic mass is 9.67. The predicted molar refractivity (Wildman–Crippen MR) is 77.9 cm³/mol. The van der Waals surface area contributed by atoms with Crippen LogP contribution in [-0.2, 0) is 4.74 Å². The molecule has 0 radical (unpaired) electrons. The summed E-state index contributed by atoms with van der Waals surface area (Å²) in [6.07, 6.45) is 0.753. The first kappa shape index (κ1) is 16.3. The zero-order valence-corrected chi connectivity index (χ0v) is 13.3. The maximum atomic E-state index is 12.2. The van der Waals surface area contributed by atoms with Gasteiger partial charge in [0.05, 0.1) is 0 Å². The van der Waals surface area contributed by atoms with Crippen molar-refractivity contribution in [2.45, 2.75) is 53.6 Å². The van der Waals surface area contributed by atoms with Crippen molar-refractivity contribution in [2.75, 3.05) is 19.6 Å². The summed E-state index contributed by atoms with van der Waals surface area (Å²) in [5.74, 6) is 0.942. The predicted octanol–water partition coefficient (Wildman–Crippen LogP) is 2.86. The van der Waals surface area contributed by atoms with Crippen molar-refractivity contribution in [2.24, 2.45) is 23.0 Å². The number of nitrogens with zero attached hydrogens (tertiary/aromatic N) is 1. The van der Waals surface area contributed by atoms with E-state index >= 15 is 0 Å². The van der Waals surface area contributed by atoms with Crippen molar-refractivity contribution in [3.05, 3.63) is 0 Å². The summed E-state index contributed by atoms with van der Waals surface area (Å²) in [6.45, 7) is 14.5. The van der Waals surface area contributed by atoms with Crippen LogP contribution in [0.2, 0.25) is 0 Å². The molecule has 19 heavy (non-hydrogen) atoms. The van der Waals surface area contributed by atoms with Gasteiger partial charge in [-0.3, -0.25) is 0 Å². The third kappa shape index (κ3) is 4.10. The van der Waals surface area contributed by atoms with Gasteiger partial charge in [0.25, 0.3) is 0 Å². The normalized spacial score (nSPS) is 28.6. The van der Waals surface area contributed by atoms with Gasteiger partial charge in [-0.25, -0.2) is 4.79 Å². The molecule has 0 spiro atoms. The van der Waals surface area contributed by atoms with E-state index in [0.717, 1.165) is 19.5 Å². The second-order valence-corrected chi connectivity index (χ2v) is 7.39. The second kappa shape index (κ2) is 5.70. The van der Waals surface area contributed by atoms with Gasteiger partial charge in [0.2, 0.25) is 0 Å². The first-order valence-electron chi connectivity index (χ1n) is 7.27. The molecular weight excluding hydrogens is 240 g/mol.